The van der Waals surface area contributed by atoms with Gasteiger partial charge in [-0.25, -0.2) is 0 Å². The molecule has 0 saturated heterocycles. The lowest BCUT2D eigenvalue weighted by molar-refractivity contribution is 0.391. The first-order valence-electron chi connectivity index (χ1n) is 6.41. The Kier molecular flexibility index (Phi) is 3.66. The molecule has 0 bridgehead atoms. The first-order valence-corrected chi connectivity index (χ1v) is 7.29. The fourth-order valence-electron chi connectivity index (χ4n) is 2.16. The summed E-state index contributed by atoms with van der Waals surface area (Å²) in [6.07, 6.45) is 5.64. The Morgan fingerprint density at radius 2 is 2.20 bits per heavy atom. The smallest absolute Gasteiger partial charge is 0.237 e. The Hall–Kier alpha value is -1.92. The summed E-state index contributed by atoms with van der Waals surface area (Å²) in [5, 5.41) is 5.52. The van der Waals surface area contributed by atoms with Crippen LogP contribution in [0.4, 0.5) is 0 Å². The van der Waals surface area contributed by atoms with Crippen molar-refractivity contribution in [1.29, 1.82) is 0 Å². The molecule has 0 spiro atoms. The number of nitrogens with zero attached hydrogens (tertiary/aromatic N) is 3. The Labute approximate surface area is 121 Å². The van der Waals surface area contributed by atoms with Crippen molar-refractivity contribution in [3.8, 4) is 5.88 Å². The minimum absolute atomic E-state index is 0.242. The van der Waals surface area contributed by atoms with Crippen LogP contribution in [-0.4, -0.2) is 21.5 Å². The van der Waals surface area contributed by atoms with Crippen LogP contribution in [0.3, 0.4) is 0 Å². The van der Waals surface area contributed by atoms with Gasteiger partial charge in [0.1, 0.15) is 5.69 Å². The molecule has 0 aromatic carbocycles. The van der Waals surface area contributed by atoms with Gasteiger partial charge in [-0.15, -0.1) is 11.3 Å². The summed E-state index contributed by atoms with van der Waals surface area (Å²) in [7, 11) is 1.65. The van der Waals surface area contributed by atoms with Gasteiger partial charge >= 0.3 is 0 Å². The van der Waals surface area contributed by atoms with Crippen LogP contribution in [0.1, 0.15) is 24.2 Å². The van der Waals surface area contributed by atoms with Crippen molar-refractivity contribution in [2.45, 2.75) is 19.5 Å². The fraction of sp³-hybridized carbons (Fsp3) is 0.286. The van der Waals surface area contributed by atoms with Crippen molar-refractivity contribution in [3.05, 3.63) is 47.4 Å². The SMILES string of the molecule is COc1nc2sccn2c1CNC(C)c1ccncc1. The Bertz CT molecular complexity index is 692. The zero-order valence-electron chi connectivity index (χ0n) is 11.4. The molecule has 104 valence electrons. The summed E-state index contributed by atoms with van der Waals surface area (Å²) in [6.45, 7) is 2.83. The van der Waals surface area contributed by atoms with E-state index in [0.717, 1.165) is 10.7 Å². The molecular formula is C14H16N4OS. The average molecular weight is 288 g/mol. The molecule has 3 aromatic heterocycles. The third kappa shape index (κ3) is 2.39. The van der Waals surface area contributed by atoms with Crippen LogP contribution in [0.15, 0.2) is 36.1 Å². The third-order valence-electron chi connectivity index (χ3n) is 3.30. The maximum atomic E-state index is 5.35. The number of thiazole rings is 1. The van der Waals surface area contributed by atoms with Gasteiger partial charge in [0, 0.05) is 36.6 Å². The second kappa shape index (κ2) is 5.60. The molecule has 0 fully saturated rings. The summed E-state index contributed by atoms with van der Waals surface area (Å²) in [4.78, 5) is 9.44. The molecule has 0 radical (unpaired) electrons. The van der Waals surface area contributed by atoms with Crippen molar-refractivity contribution in [2.24, 2.45) is 0 Å². The van der Waals surface area contributed by atoms with E-state index in [1.807, 2.05) is 36.1 Å². The molecule has 1 N–H and O–H groups in total. The molecule has 3 aromatic rings. The maximum absolute atomic E-state index is 5.35. The number of hydrogen-bond donors (Lipinski definition) is 1. The van der Waals surface area contributed by atoms with E-state index >= 15 is 0 Å². The fourth-order valence-corrected chi connectivity index (χ4v) is 2.88. The van der Waals surface area contributed by atoms with Crippen LogP contribution < -0.4 is 10.1 Å². The summed E-state index contributed by atoms with van der Waals surface area (Å²) in [5.41, 5.74) is 2.26. The predicted octanol–water partition coefficient (Wildman–Crippen LogP) is 2.65. The van der Waals surface area contributed by atoms with Gasteiger partial charge in [-0.2, -0.15) is 4.98 Å². The monoisotopic (exact) mass is 288 g/mol. The molecule has 3 rings (SSSR count). The first kappa shape index (κ1) is 13.1. The van der Waals surface area contributed by atoms with E-state index < -0.39 is 0 Å². The van der Waals surface area contributed by atoms with E-state index in [2.05, 4.69) is 26.6 Å². The molecule has 1 unspecified atom stereocenters. The van der Waals surface area contributed by atoms with Crippen LogP contribution in [0.25, 0.3) is 4.96 Å². The number of fused-ring (bicyclic) bond motifs is 1. The lowest BCUT2D eigenvalue weighted by Gasteiger charge is -2.14. The van der Waals surface area contributed by atoms with Crippen molar-refractivity contribution in [3.63, 3.8) is 0 Å². The van der Waals surface area contributed by atoms with Gasteiger partial charge in [-0.05, 0) is 24.6 Å². The number of rotatable bonds is 5. The van der Waals surface area contributed by atoms with Gasteiger partial charge < -0.3 is 10.1 Å². The van der Waals surface area contributed by atoms with Crippen LogP contribution in [0.5, 0.6) is 5.88 Å². The van der Waals surface area contributed by atoms with Gasteiger partial charge in [0.2, 0.25) is 5.88 Å². The summed E-state index contributed by atoms with van der Waals surface area (Å²) in [6, 6.07) is 4.28. The first-order chi connectivity index (χ1) is 9.79. The number of ether oxygens (including phenoxy) is 1. The van der Waals surface area contributed by atoms with Gasteiger partial charge in [0.25, 0.3) is 0 Å². The standard InChI is InChI=1S/C14H16N4OS/c1-10(11-3-5-15-6-4-11)16-9-12-13(19-2)17-14-18(12)7-8-20-14/h3-8,10,16H,9H2,1-2H3. The van der Waals surface area contributed by atoms with Gasteiger partial charge in [0.05, 0.1) is 7.11 Å². The number of pyridine rings is 1. The second-order valence-electron chi connectivity index (χ2n) is 4.51. The van der Waals surface area contributed by atoms with E-state index in [-0.39, 0.29) is 6.04 Å². The van der Waals surface area contributed by atoms with E-state index in [1.165, 1.54) is 5.56 Å². The van der Waals surface area contributed by atoms with E-state index in [9.17, 15) is 0 Å². The third-order valence-corrected chi connectivity index (χ3v) is 4.06. The number of hydrogen-bond acceptors (Lipinski definition) is 5. The topological polar surface area (TPSA) is 51.5 Å². The maximum Gasteiger partial charge on any atom is 0.237 e. The van der Waals surface area contributed by atoms with Crippen LogP contribution in [0, 0.1) is 0 Å². The highest BCUT2D eigenvalue weighted by molar-refractivity contribution is 7.15. The number of methoxy groups -OCH3 is 1. The van der Waals surface area contributed by atoms with E-state index in [0.29, 0.717) is 12.4 Å². The molecule has 1 atom stereocenters. The molecule has 3 heterocycles. The molecule has 0 saturated carbocycles. The lowest BCUT2D eigenvalue weighted by Crippen LogP contribution is -2.19. The average Bonchev–Trinajstić information content (AvgIpc) is 3.06. The van der Waals surface area contributed by atoms with Crippen molar-refractivity contribution in [1.82, 2.24) is 19.7 Å². The lowest BCUT2D eigenvalue weighted by atomic mass is 10.1. The number of aromatic nitrogens is 3. The highest BCUT2D eigenvalue weighted by atomic mass is 32.1. The zero-order chi connectivity index (χ0) is 13.9. The Morgan fingerprint density at radius 3 is 2.95 bits per heavy atom. The normalized spacial score (nSPS) is 12.7. The van der Waals surface area contributed by atoms with E-state index in [1.54, 1.807) is 18.4 Å². The second-order valence-corrected chi connectivity index (χ2v) is 5.38. The zero-order valence-corrected chi connectivity index (χ0v) is 12.2. The molecule has 0 aliphatic rings. The van der Waals surface area contributed by atoms with Crippen molar-refractivity contribution in [2.75, 3.05) is 7.11 Å². The summed E-state index contributed by atoms with van der Waals surface area (Å²) < 4.78 is 7.42. The minimum atomic E-state index is 0.242. The van der Waals surface area contributed by atoms with Gasteiger partial charge in [-0.3, -0.25) is 9.38 Å². The molecule has 20 heavy (non-hydrogen) atoms. The predicted molar refractivity (Wildman–Crippen MR) is 79.1 cm³/mol. The van der Waals surface area contributed by atoms with Crippen molar-refractivity contribution >= 4 is 16.3 Å². The Balaban J connectivity index is 1.78. The largest absolute Gasteiger partial charge is 0.480 e. The molecule has 5 nitrogen and oxygen atoms in total. The highest BCUT2D eigenvalue weighted by Crippen LogP contribution is 2.23. The van der Waals surface area contributed by atoms with Gasteiger partial charge in [-0.1, -0.05) is 0 Å². The molecular weight excluding hydrogens is 272 g/mol. The van der Waals surface area contributed by atoms with Crippen LogP contribution in [0.2, 0.25) is 0 Å². The molecule has 6 heteroatoms. The highest BCUT2D eigenvalue weighted by Gasteiger charge is 2.14. The molecule has 0 aliphatic carbocycles. The Morgan fingerprint density at radius 1 is 1.40 bits per heavy atom. The number of imidazole rings is 1. The molecule has 0 aliphatic heterocycles. The minimum Gasteiger partial charge on any atom is -0.480 e. The summed E-state index contributed by atoms with van der Waals surface area (Å²) >= 11 is 1.60. The quantitative estimate of drug-likeness (QED) is 0.784. The molecule has 0 amide bonds. The van der Waals surface area contributed by atoms with Gasteiger partial charge in [0.15, 0.2) is 4.96 Å². The van der Waals surface area contributed by atoms with Crippen LogP contribution in [-0.2, 0) is 6.54 Å². The number of nitrogens with one attached hydrogen (secondary N) is 1. The van der Waals surface area contributed by atoms with Crippen LogP contribution >= 0.6 is 11.3 Å². The van der Waals surface area contributed by atoms with E-state index in [4.69, 9.17) is 4.74 Å². The van der Waals surface area contributed by atoms with Crippen molar-refractivity contribution < 1.29 is 4.74 Å². The summed E-state index contributed by atoms with van der Waals surface area (Å²) in [5.74, 6) is 0.686.